The van der Waals surface area contributed by atoms with Gasteiger partial charge in [-0.1, -0.05) is 90.6 Å². The first-order valence-corrected chi connectivity index (χ1v) is 17.8. The number of rotatable bonds is 3. The van der Waals surface area contributed by atoms with Crippen molar-refractivity contribution in [2.45, 2.75) is 6.55 Å². The van der Waals surface area contributed by atoms with Crippen LogP contribution >= 0.6 is 0 Å². The smallest absolute Gasteiger partial charge is 0.147 e. The molecule has 3 nitrogen and oxygen atoms in total. The second-order valence-corrected chi connectivity index (χ2v) is 14.8. The molecule has 0 saturated carbocycles. The molecule has 1 unspecified atom stereocenters. The topological polar surface area (TPSA) is 29.5 Å². The largest absolute Gasteiger partial charge is 0.456 e. The number of fused-ring (bicyclic) bond motifs is 12. The third-order valence-electron chi connectivity index (χ3n) is 9.70. The molecule has 3 heterocycles. The number of anilines is 3. The van der Waals surface area contributed by atoms with E-state index in [0.29, 0.717) is 0 Å². The van der Waals surface area contributed by atoms with Gasteiger partial charge in [0.25, 0.3) is 0 Å². The predicted octanol–water partition coefficient (Wildman–Crippen LogP) is 10.1. The van der Waals surface area contributed by atoms with Gasteiger partial charge in [-0.25, -0.2) is 0 Å². The molecule has 1 atom stereocenters. The highest BCUT2D eigenvalue weighted by atomic mass is 28.3. The molecule has 2 aromatic heterocycles. The maximum absolute atomic E-state index is 6.67. The summed E-state index contributed by atoms with van der Waals surface area (Å²) in [7, 11) is -1.27. The number of furan rings is 2. The fourth-order valence-electron chi connectivity index (χ4n) is 7.55. The van der Waals surface area contributed by atoms with Gasteiger partial charge in [-0.15, -0.1) is 0 Å². The molecule has 0 aliphatic carbocycles. The Balaban J connectivity index is 1.16. The molecule has 0 spiro atoms. The molecule has 1 aliphatic heterocycles. The van der Waals surface area contributed by atoms with Crippen LogP contribution in [0.5, 0.6) is 0 Å². The minimum Gasteiger partial charge on any atom is -0.456 e. The summed E-state index contributed by atoms with van der Waals surface area (Å²) in [5.41, 5.74) is 9.60. The van der Waals surface area contributed by atoms with Gasteiger partial charge in [0, 0.05) is 44.7 Å². The zero-order valence-corrected chi connectivity index (χ0v) is 25.8. The van der Waals surface area contributed by atoms with E-state index in [1.165, 1.54) is 26.9 Å². The van der Waals surface area contributed by atoms with Crippen molar-refractivity contribution < 1.29 is 8.83 Å². The molecule has 7 aromatic carbocycles. The summed E-state index contributed by atoms with van der Waals surface area (Å²) in [6, 6.07) is 50.1. The van der Waals surface area contributed by atoms with E-state index in [-0.39, 0.29) is 0 Å². The van der Waals surface area contributed by atoms with Crippen LogP contribution in [0.3, 0.4) is 0 Å². The zero-order chi connectivity index (χ0) is 29.6. The minimum atomic E-state index is -1.27. The maximum atomic E-state index is 6.67. The number of hydrogen-bond donors (Lipinski definition) is 0. The van der Waals surface area contributed by atoms with Gasteiger partial charge in [0.2, 0.25) is 0 Å². The first kappa shape index (κ1) is 24.8. The maximum Gasteiger partial charge on any atom is 0.147 e. The Bertz CT molecular complexity index is 2630. The summed E-state index contributed by atoms with van der Waals surface area (Å²) < 4.78 is 13.2. The molecule has 9 aromatic rings. The van der Waals surface area contributed by atoms with E-state index in [1.54, 1.807) is 0 Å². The number of para-hydroxylation sites is 1. The second-order valence-electron chi connectivity index (χ2n) is 12.1. The van der Waals surface area contributed by atoms with Crippen molar-refractivity contribution in [1.29, 1.82) is 0 Å². The van der Waals surface area contributed by atoms with Gasteiger partial charge < -0.3 is 13.7 Å². The average Bonchev–Trinajstić information content (AvgIpc) is 3.75. The van der Waals surface area contributed by atoms with E-state index >= 15 is 0 Å². The van der Waals surface area contributed by atoms with Crippen molar-refractivity contribution in [2.75, 3.05) is 4.90 Å². The fourth-order valence-corrected chi connectivity index (χ4v) is 10.1. The molecule has 10 rings (SSSR count). The van der Waals surface area contributed by atoms with Crippen LogP contribution in [0, 0.1) is 0 Å². The third kappa shape index (κ3) is 3.51. The van der Waals surface area contributed by atoms with Crippen LogP contribution < -0.4 is 15.3 Å². The van der Waals surface area contributed by atoms with Gasteiger partial charge in [-0.3, -0.25) is 0 Å². The lowest BCUT2D eigenvalue weighted by Crippen LogP contribution is -2.34. The molecule has 0 fully saturated rings. The Labute approximate surface area is 261 Å². The van der Waals surface area contributed by atoms with Crippen LogP contribution in [0.15, 0.2) is 148 Å². The van der Waals surface area contributed by atoms with Gasteiger partial charge in [-0.2, -0.15) is 0 Å². The summed E-state index contributed by atoms with van der Waals surface area (Å²) in [5, 5.41) is 9.65. The van der Waals surface area contributed by atoms with Gasteiger partial charge in [0.05, 0.1) is 5.39 Å². The highest BCUT2D eigenvalue weighted by molar-refractivity contribution is 6.88. The molecular weight excluding hydrogens is 567 g/mol. The quantitative estimate of drug-likeness (QED) is 0.191. The van der Waals surface area contributed by atoms with Crippen molar-refractivity contribution in [3.05, 3.63) is 140 Å². The van der Waals surface area contributed by atoms with E-state index in [0.717, 1.165) is 66.3 Å². The van der Waals surface area contributed by atoms with Gasteiger partial charge in [0.15, 0.2) is 0 Å². The molecule has 0 amide bonds. The average molecular weight is 594 g/mol. The second kappa shape index (κ2) is 9.21. The number of hydrogen-bond acceptors (Lipinski definition) is 3. The Morgan fingerprint density at radius 1 is 0.467 bits per heavy atom. The lowest BCUT2D eigenvalue weighted by atomic mass is 10.0. The summed E-state index contributed by atoms with van der Waals surface area (Å²) in [5.74, 6) is 0. The molecule has 0 bridgehead atoms. The Hall–Kier alpha value is -5.58. The summed E-state index contributed by atoms with van der Waals surface area (Å²) in [4.78, 5) is 2.35. The van der Waals surface area contributed by atoms with Crippen molar-refractivity contribution in [3.8, 4) is 11.1 Å². The third-order valence-corrected chi connectivity index (χ3v) is 12.5. The monoisotopic (exact) mass is 593 g/mol. The highest BCUT2D eigenvalue weighted by Crippen LogP contribution is 2.43. The standard InChI is InChI=1S/C41H27NO2Si/c1-45-37-14-8-7-13-30(37)31-19-16-28(24-38(31)45)42(26-10-3-2-4-11-26)27-17-20-34-36(23-27)43-35-22-21-33-32-18-15-25-9-5-6-12-29(25)40(32)44-41(33)39(34)35/h2-24,45H,1H3. The van der Waals surface area contributed by atoms with Gasteiger partial charge >= 0.3 is 0 Å². The van der Waals surface area contributed by atoms with Gasteiger partial charge in [0.1, 0.15) is 31.1 Å². The van der Waals surface area contributed by atoms with Crippen molar-refractivity contribution in [3.63, 3.8) is 0 Å². The van der Waals surface area contributed by atoms with Crippen LogP contribution in [0.1, 0.15) is 0 Å². The van der Waals surface area contributed by atoms with Crippen LogP contribution in [-0.4, -0.2) is 8.80 Å². The Morgan fingerprint density at radius 3 is 2.11 bits per heavy atom. The van der Waals surface area contributed by atoms with E-state index in [2.05, 4.69) is 151 Å². The predicted molar refractivity (Wildman–Crippen MR) is 191 cm³/mol. The summed E-state index contributed by atoms with van der Waals surface area (Å²) in [6.45, 7) is 2.45. The number of nitrogens with zero attached hydrogens (tertiary/aromatic N) is 1. The van der Waals surface area contributed by atoms with E-state index < -0.39 is 8.80 Å². The fraction of sp³-hybridized carbons (Fsp3) is 0.0244. The normalized spacial score (nSPS) is 14.1. The first-order chi connectivity index (χ1) is 22.2. The molecule has 0 radical (unpaired) electrons. The Kier molecular flexibility index (Phi) is 5.08. The highest BCUT2D eigenvalue weighted by Gasteiger charge is 2.27. The Morgan fingerprint density at radius 2 is 1.18 bits per heavy atom. The van der Waals surface area contributed by atoms with Crippen molar-refractivity contribution in [2.24, 2.45) is 0 Å². The van der Waals surface area contributed by atoms with E-state index in [9.17, 15) is 0 Å². The molecule has 212 valence electrons. The SMILES string of the molecule is C[SiH]1c2ccccc2-c2ccc(N(c3ccccc3)c3ccc4c(c3)oc3ccc5c6ccc7ccccc7c6oc5c34)cc21. The van der Waals surface area contributed by atoms with Crippen molar-refractivity contribution in [1.82, 2.24) is 0 Å². The molecule has 0 N–H and O–H groups in total. The minimum absolute atomic E-state index is 0.833. The molecule has 1 aliphatic rings. The first-order valence-electron chi connectivity index (χ1n) is 15.5. The van der Waals surface area contributed by atoms with Crippen LogP contribution in [-0.2, 0) is 0 Å². The lowest BCUT2D eigenvalue weighted by molar-refractivity contribution is 0.664. The van der Waals surface area contributed by atoms with Crippen LogP contribution in [0.2, 0.25) is 6.55 Å². The van der Waals surface area contributed by atoms with Crippen LogP contribution in [0.25, 0.3) is 65.8 Å². The van der Waals surface area contributed by atoms with E-state index in [1.807, 2.05) is 0 Å². The summed E-state index contributed by atoms with van der Waals surface area (Å²) >= 11 is 0. The molecular formula is C41H27NO2Si. The molecule has 0 saturated heterocycles. The van der Waals surface area contributed by atoms with Gasteiger partial charge in [-0.05, 0) is 76.3 Å². The molecule has 45 heavy (non-hydrogen) atoms. The number of benzene rings is 7. The summed E-state index contributed by atoms with van der Waals surface area (Å²) in [6.07, 6.45) is 0. The van der Waals surface area contributed by atoms with E-state index in [4.69, 9.17) is 8.83 Å². The zero-order valence-electron chi connectivity index (χ0n) is 24.6. The van der Waals surface area contributed by atoms with Crippen molar-refractivity contribution >= 4 is 90.9 Å². The molecule has 4 heteroatoms. The lowest BCUT2D eigenvalue weighted by Gasteiger charge is -2.26. The van der Waals surface area contributed by atoms with Crippen LogP contribution in [0.4, 0.5) is 17.1 Å².